The molecule has 2 rings (SSSR count). The Bertz CT molecular complexity index is 647. The van der Waals surface area contributed by atoms with Crippen LogP contribution in [0, 0.1) is 5.92 Å². The summed E-state index contributed by atoms with van der Waals surface area (Å²) >= 11 is 0. The zero-order chi connectivity index (χ0) is 17.4. The van der Waals surface area contributed by atoms with Crippen molar-refractivity contribution in [2.45, 2.75) is 46.0 Å². The third-order valence-corrected chi connectivity index (χ3v) is 4.10. The molecule has 0 heterocycles. The number of hydrogen-bond donors (Lipinski definition) is 1. The molecule has 0 aliphatic heterocycles. The van der Waals surface area contributed by atoms with Crippen LogP contribution in [-0.4, -0.2) is 11.3 Å². The standard InChI is InChI=1S/C21H26O3/c1-16(2)10-5-3-6-13-18-14-9-15-19(24-21(22)23)20(18)17-11-7-4-8-12-17/h4,7-9,11-12,14-16H,3,5-6,10,13H2,1-2H3,(H,22,23). The zero-order valence-corrected chi connectivity index (χ0v) is 14.5. The number of carboxylic acid groups (broad SMARTS) is 1. The van der Waals surface area contributed by atoms with Crippen molar-refractivity contribution in [3.8, 4) is 16.9 Å². The van der Waals surface area contributed by atoms with Gasteiger partial charge < -0.3 is 9.84 Å². The lowest BCUT2D eigenvalue weighted by atomic mass is 9.94. The van der Waals surface area contributed by atoms with Crippen LogP contribution >= 0.6 is 0 Å². The third-order valence-electron chi connectivity index (χ3n) is 4.10. The first-order chi connectivity index (χ1) is 11.6. The van der Waals surface area contributed by atoms with Gasteiger partial charge in [0.15, 0.2) is 0 Å². The average Bonchev–Trinajstić information content (AvgIpc) is 2.54. The highest BCUT2D eigenvalue weighted by Gasteiger charge is 2.14. The molecule has 0 saturated carbocycles. The highest BCUT2D eigenvalue weighted by atomic mass is 16.7. The van der Waals surface area contributed by atoms with Crippen LogP contribution in [0.1, 0.15) is 45.1 Å². The van der Waals surface area contributed by atoms with Gasteiger partial charge in [-0.1, -0.05) is 75.6 Å². The average molecular weight is 326 g/mol. The summed E-state index contributed by atoms with van der Waals surface area (Å²) in [6, 6.07) is 15.5. The molecule has 128 valence electrons. The SMILES string of the molecule is CC(C)CCCCCc1cccc(OC(=O)O)c1-c1ccccc1. The van der Waals surface area contributed by atoms with Crippen LogP contribution in [0.15, 0.2) is 48.5 Å². The van der Waals surface area contributed by atoms with Gasteiger partial charge in [0.25, 0.3) is 0 Å². The van der Waals surface area contributed by atoms with Gasteiger partial charge in [-0.3, -0.25) is 0 Å². The predicted octanol–water partition coefficient (Wildman–Crippen LogP) is 6.17. The molecule has 0 atom stereocenters. The quantitative estimate of drug-likeness (QED) is 0.358. The first kappa shape index (κ1) is 18.1. The van der Waals surface area contributed by atoms with Crippen molar-refractivity contribution in [3.05, 3.63) is 54.1 Å². The second kappa shape index (κ2) is 9.11. The lowest BCUT2D eigenvalue weighted by Crippen LogP contribution is -2.05. The van der Waals surface area contributed by atoms with E-state index < -0.39 is 6.16 Å². The molecule has 0 radical (unpaired) electrons. The van der Waals surface area contributed by atoms with Gasteiger partial charge in [-0.15, -0.1) is 0 Å². The van der Waals surface area contributed by atoms with Gasteiger partial charge in [0.2, 0.25) is 0 Å². The minimum Gasteiger partial charge on any atom is -0.449 e. The smallest absolute Gasteiger partial charge is 0.449 e. The number of unbranched alkanes of at least 4 members (excludes halogenated alkanes) is 2. The fourth-order valence-corrected chi connectivity index (χ4v) is 2.94. The molecular weight excluding hydrogens is 300 g/mol. The minimum absolute atomic E-state index is 0.411. The molecule has 0 aliphatic rings. The number of rotatable bonds is 8. The second-order valence-electron chi connectivity index (χ2n) is 6.52. The number of hydrogen-bond acceptors (Lipinski definition) is 2. The van der Waals surface area contributed by atoms with E-state index in [1.165, 1.54) is 19.3 Å². The molecule has 2 aromatic carbocycles. The van der Waals surface area contributed by atoms with Gasteiger partial charge in [-0.2, -0.15) is 0 Å². The van der Waals surface area contributed by atoms with Crippen LogP contribution in [0.4, 0.5) is 4.79 Å². The van der Waals surface area contributed by atoms with E-state index in [9.17, 15) is 4.79 Å². The lowest BCUT2D eigenvalue weighted by Gasteiger charge is -2.14. The van der Waals surface area contributed by atoms with Crippen molar-refractivity contribution < 1.29 is 14.6 Å². The van der Waals surface area contributed by atoms with Crippen LogP contribution in [0.2, 0.25) is 0 Å². The third kappa shape index (κ3) is 5.41. The van der Waals surface area contributed by atoms with Crippen molar-refractivity contribution in [2.24, 2.45) is 5.92 Å². The van der Waals surface area contributed by atoms with Crippen LogP contribution in [-0.2, 0) is 6.42 Å². The van der Waals surface area contributed by atoms with E-state index in [0.29, 0.717) is 5.75 Å². The largest absolute Gasteiger partial charge is 0.511 e. The summed E-state index contributed by atoms with van der Waals surface area (Å²) in [6.45, 7) is 4.50. The van der Waals surface area contributed by atoms with Crippen molar-refractivity contribution in [1.82, 2.24) is 0 Å². The zero-order valence-electron chi connectivity index (χ0n) is 14.5. The fraction of sp³-hybridized carbons (Fsp3) is 0.381. The van der Waals surface area contributed by atoms with Crippen molar-refractivity contribution in [2.75, 3.05) is 0 Å². The van der Waals surface area contributed by atoms with Crippen molar-refractivity contribution in [3.63, 3.8) is 0 Å². The van der Waals surface area contributed by atoms with Crippen molar-refractivity contribution in [1.29, 1.82) is 0 Å². The Hall–Kier alpha value is -2.29. The summed E-state index contributed by atoms with van der Waals surface area (Å²) in [4.78, 5) is 11.0. The first-order valence-electron chi connectivity index (χ1n) is 8.66. The second-order valence-corrected chi connectivity index (χ2v) is 6.52. The lowest BCUT2D eigenvalue weighted by molar-refractivity contribution is 0.144. The molecule has 0 fully saturated rings. The Labute approximate surface area is 144 Å². The number of aryl methyl sites for hydroxylation is 1. The summed E-state index contributed by atoms with van der Waals surface area (Å²) in [5.41, 5.74) is 3.03. The van der Waals surface area contributed by atoms with Gasteiger partial charge >= 0.3 is 6.16 Å². The van der Waals surface area contributed by atoms with Gasteiger partial charge in [0.05, 0.1) is 0 Å². The Morgan fingerprint density at radius 1 is 1.00 bits per heavy atom. The Morgan fingerprint density at radius 3 is 2.42 bits per heavy atom. The molecule has 3 nitrogen and oxygen atoms in total. The maximum Gasteiger partial charge on any atom is 0.511 e. The molecule has 3 heteroatoms. The molecule has 0 unspecified atom stereocenters. The molecule has 0 spiro atoms. The molecule has 24 heavy (non-hydrogen) atoms. The number of benzene rings is 2. The van der Waals surface area contributed by atoms with E-state index in [0.717, 1.165) is 35.4 Å². The summed E-state index contributed by atoms with van der Waals surface area (Å²) in [5, 5.41) is 9.00. The van der Waals surface area contributed by atoms with E-state index in [2.05, 4.69) is 19.9 Å². The Balaban J connectivity index is 2.19. The Kier molecular flexibility index (Phi) is 6.86. The molecule has 0 amide bonds. The van der Waals surface area contributed by atoms with Crippen LogP contribution in [0.25, 0.3) is 11.1 Å². The maximum absolute atomic E-state index is 11.0. The molecular formula is C21H26O3. The van der Waals surface area contributed by atoms with Gasteiger partial charge in [0, 0.05) is 5.56 Å². The summed E-state index contributed by atoms with van der Waals surface area (Å²) in [7, 11) is 0. The number of ether oxygens (including phenoxy) is 1. The number of carbonyl (C=O) groups is 1. The molecule has 0 bridgehead atoms. The van der Waals surface area contributed by atoms with E-state index in [-0.39, 0.29) is 0 Å². The van der Waals surface area contributed by atoms with Gasteiger partial charge in [-0.05, 0) is 36.0 Å². The normalized spacial score (nSPS) is 10.8. The predicted molar refractivity (Wildman–Crippen MR) is 97.5 cm³/mol. The summed E-state index contributed by atoms with van der Waals surface area (Å²) in [6.07, 6.45) is 4.44. The molecule has 0 aliphatic carbocycles. The summed E-state index contributed by atoms with van der Waals surface area (Å²) in [5.74, 6) is 1.16. The Morgan fingerprint density at radius 2 is 1.75 bits per heavy atom. The van der Waals surface area contributed by atoms with E-state index in [1.807, 2.05) is 36.4 Å². The maximum atomic E-state index is 11.0. The van der Waals surface area contributed by atoms with Crippen LogP contribution in [0.5, 0.6) is 5.75 Å². The van der Waals surface area contributed by atoms with Crippen molar-refractivity contribution >= 4 is 6.16 Å². The van der Waals surface area contributed by atoms with E-state index >= 15 is 0 Å². The van der Waals surface area contributed by atoms with E-state index in [1.54, 1.807) is 6.07 Å². The van der Waals surface area contributed by atoms with E-state index in [4.69, 9.17) is 9.84 Å². The van der Waals surface area contributed by atoms with Gasteiger partial charge in [0.1, 0.15) is 5.75 Å². The minimum atomic E-state index is -1.28. The van der Waals surface area contributed by atoms with Gasteiger partial charge in [-0.25, -0.2) is 4.79 Å². The fourth-order valence-electron chi connectivity index (χ4n) is 2.94. The molecule has 0 saturated heterocycles. The highest BCUT2D eigenvalue weighted by Crippen LogP contribution is 2.34. The van der Waals surface area contributed by atoms with Crippen LogP contribution in [0.3, 0.4) is 0 Å². The summed E-state index contributed by atoms with van der Waals surface area (Å²) < 4.78 is 5.02. The molecule has 1 N–H and O–H groups in total. The first-order valence-corrected chi connectivity index (χ1v) is 8.66. The molecule has 2 aromatic rings. The van der Waals surface area contributed by atoms with Crippen LogP contribution < -0.4 is 4.74 Å². The topological polar surface area (TPSA) is 46.5 Å². The monoisotopic (exact) mass is 326 g/mol. The highest BCUT2D eigenvalue weighted by molar-refractivity contribution is 5.77. The molecule has 0 aromatic heterocycles.